The van der Waals surface area contributed by atoms with Crippen molar-refractivity contribution in [1.82, 2.24) is 15.2 Å². The molecule has 3 N–H and O–H groups in total. The van der Waals surface area contributed by atoms with Gasteiger partial charge in [0.1, 0.15) is 5.82 Å². The molecular formula is C7H8N4O3S2. The zero-order valence-electron chi connectivity index (χ0n) is 8.14. The van der Waals surface area contributed by atoms with Crippen molar-refractivity contribution >= 4 is 27.2 Å². The van der Waals surface area contributed by atoms with Crippen LogP contribution in [0.3, 0.4) is 0 Å². The molecule has 16 heavy (non-hydrogen) atoms. The van der Waals surface area contributed by atoms with Crippen molar-refractivity contribution in [1.29, 1.82) is 0 Å². The Hall–Kier alpha value is -1.61. The summed E-state index contributed by atoms with van der Waals surface area (Å²) in [7, 11) is -3.73. The lowest BCUT2D eigenvalue weighted by Gasteiger charge is -2.03. The summed E-state index contributed by atoms with van der Waals surface area (Å²) in [4.78, 5) is 13.0. The van der Waals surface area contributed by atoms with Crippen LogP contribution in [0.5, 0.6) is 0 Å². The molecule has 9 heteroatoms. The maximum Gasteiger partial charge on any atom is 0.306 e. The molecule has 0 saturated carbocycles. The van der Waals surface area contributed by atoms with Gasteiger partial charge in [-0.3, -0.25) is 14.6 Å². The van der Waals surface area contributed by atoms with Crippen LogP contribution in [0.1, 0.15) is 5.69 Å². The van der Waals surface area contributed by atoms with Gasteiger partial charge in [-0.25, -0.2) is 8.42 Å². The molecule has 0 unspecified atom stereocenters. The number of H-pyrrole nitrogens is 2. The minimum atomic E-state index is -3.73. The van der Waals surface area contributed by atoms with E-state index in [-0.39, 0.29) is 10.0 Å². The van der Waals surface area contributed by atoms with Crippen LogP contribution < -0.4 is 9.60 Å². The highest BCUT2D eigenvalue weighted by molar-refractivity contribution is 7.94. The highest BCUT2D eigenvalue weighted by Crippen LogP contribution is 2.18. The molecule has 2 aromatic rings. The molecule has 7 nitrogen and oxygen atoms in total. The van der Waals surface area contributed by atoms with E-state index in [4.69, 9.17) is 0 Å². The molecule has 86 valence electrons. The van der Waals surface area contributed by atoms with E-state index in [0.29, 0.717) is 17.0 Å². The van der Waals surface area contributed by atoms with E-state index in [2.05, 4.69) is 19.9 Å². The highest BCUT2D eigenvalue weighted by Gasteiger charge is 2.20. The number of nitrogens with one attached hydrogen (secondary N) is 3. The Labute approximate surface area is 94.6 Å². The molecule has 0 spiro atoms. The molecular weight excluding hydrogens is 252 g/mol. The SMILES string of the molecule is Cc1[nH]c(=O)sc1S(=O)(=O)Nc1ccn[nH]1. The third-order valence-electron chi connectivity index (χ3n) is 1.77. The third kappa shape index (κ3) is 1.99. The fourth-order valence-electron chi connectivity index (χ4n) is 1.15. The number of aromatic nitrogens is 3. The molecule has 2 rings (SSSR count). The normalized spacial score (nSPS) is 11.6. The first-order chi connectivity index (χ1) is 7.49. The number of hydrogen-bond donors (Lipinski definition) is 3. The summed E-state index contributed by atoms with van der Waals surface area (Å²) < 4.78 is 25.9. The second kappa shape index (κ2) is 3.76. The van der Waals surface area contributed by atoms with Crippen LogP contribution in [0.2, 0.25) is 0 Å². The van der Waals surface area contributed by atoms with Crippen molar-refractivity contribution in [2.45, 2.75) is 11.1 Å². The van der Waals surface area contributed by atoms with Gasteiger partial charge in [0.05, 0.1) is 6.20 Å². The Morgan fingerprint density at radius 1 is 1.50 bits per heavy atom. The molecule has 0 atom stereocenters. The minimum absolute atomic E-state index is 0.0212. The number of hydrogen-bond acceptors (Lipinski definition) is 5. The van der Waals surface area contributed by atoms with Crippen LogP contribution in [0.15, 0.2) is 21.3 Å². The van der Waals surface area contributed by atoms with Crippen molar-refractivity contribution in [2.75, 3.05) is 4.72 Å². The van der Waals surface area contributed by atoms with Gasteiger partial charge in [-0.1, -0.05) is 11.3 Å². The van der Waals surface area contributed by atoms with Crippen LogP contribution >= 0.6 is 11.3 Å². The maximum atomic E-state index is 11.8. The van der Waals surface area contributed by atoms with E-state index in [1.807, 2.05) is 0 Å². The molecule has 0 amide bonds. The number of aryl methyl sites for hydroxylation is 1. The van der Waals surface area contributed by atoms with Crippen molar-refractivity contribution in [3.05, 3.63) is 27.6 Å². The summed E-state index contributed by atoms with van der Waals surface area (Å²) in [5.41, 5.74) is 0.321. The van der Waals surface area contributed by atoms with E-state index in [0.717, 1.165) is 0 Å². The summed E-state index contributed by atoms with van der Waals surface area (Å²) in [6, 6.07) is 1.47. The molecule has 0 saturated heterocycles. The lowest BCUT2D eigenvalue weighted by Crippen LogP contribution is -2.12. The Kier molecular flexibility index (Phi) is 2.56. The zero-order chi connectivity index (χ0) is 11.8. The zero-order valence-corrected chi connectivity index (χ0v) is 9.78. The highest BCUT2D eigenvalue weighted by atomic mass is 32.2. The lowest BCUT2D eigenvalue weighted by molar-refractivity contribution is 0.602. The van der Waals surface area contributed by atoms with Crippen LogP contribution in [-0.2, 0) is 10.0 Å². The average Bonchev–Trinajstić information content (AvgIpc) is 2.75. The van der Waals surface area contributed by atoms with E-state index < -0.39 is 14.9 Å². The number of sulfonamides is 1. The van der Waals surface area contributed by atoms with Crippen molar-refractivity contribution in [3.63, 3.8) is 0 Å². The second-order valence-electron chi connectivity index (χ2n) is 3.00. The van der Waals surface area contributed by atoms with Crippen molar-refractivity contribution in [2.24, 2.45) is 0 Å². The molecule has 0 radical (unpaired) electrons. The van der Waals surface area contributed by atoms with E-state index in [1.54, 1.807) is 0 Å². The number of anilines is 1. The monoisotopic (exact) mass is 260 g/mol. The quantitative estimate of drug-likeness (QED) is 0.736. The average molecular weight is 260 g/mol. The van der Waals surface area contributed by atoms with Gasteiger partial charge >= 0.3 is 4.87 Å². The third-order valence-corrected chi connectivity index (χ3v) is 4.74. The molecule has 2 aromatic heterocycles. The largest absolute Gasteiger partial charge is 0.315 e. The van der Waals surface area contributed by atoms with Crippen LogP contribution in [0.4, 0.5) is 5.82 Å². The number of aromatic amines is 2. The molecule has 0 aliphatic rings. The number of thiazole rings is 1. The Bertz CT molecular complexity index is 637. The van der Waals surface area contributed by atoms with Gasteiger partial charge in [-0.2, -0.15) is 5.10 Å². The molecule has 0 aliphatic heterocycles. The topological polar surface area (TPSA) is 108 Å². The predicted octanol–water partition coefficient (Wildman–Crippen LogP) is 0.269. The summed E-state index contributed by atoms with van der Waals surface area (Å²) >= 11 is 0.647. The minimum Gasteiger partial charge on any atom is -0.315 e. The van der Waals surface area contributed by atoms with E-state index in [1.165, 1.54) is 19.2 Å². The summed E-state index contributed by atoms with van der Waals surface area (Å²) in [5.74, 6) is 0.250. The smallest absolute Gasteiger partial charge is 0.306 e. The first-order valence-electron chi connectivity index (χ1n) is 4.21. The molecule has 0 aliphatic carbocycles. The van der Waals surface area contributed by atoms with Gasteiger partial charge in [-0.15, -0.1) is 0 Å². The first-order valence-corrected chi connectivity index (χ1v) is 6.51. The summed E-state index contributed by atoms with van der Waals surface area (Å²) in [5, 5.41) is 6.07. The molecule has 0 bridgehead atoms. The van der Waals surface area contributed by atoms with Gasteiger partial charge in [0, 0.05) is 11.8 Å². The predicted molar refractivity (Wildman–Crippen MR) is 59.1 cm³/mol. The number of nitrogens with zero attached hydrogens (tertiary/aromatic N) is 1. The van der Waals surface area contributed by atoms with Gasteiger partial charge in [0.25, 0.3) is 10.0 Å². The summed E-state index contributed by atoms with van der Waals surface area (Å²) in [6.07, 6.45) is 1.42. The van der Waals surface area contributed by atoms with E-state index >= 15 is 0 Å². The van der Waals surface area contributed by atoms with Gasteiger partial charge in [-0.05, 0) is 6.92 Å². The number of rotatable bonds is 3. The fourth-order valence-corrected chi connectivity index (χ4v) is 3.47. The van der Waals surface area contributed by atoms with Crippen molar-refractivity contribution in [3.8, 4) is 0 Å². The standard InChI is InChI=1S/C7H8N4O3S2/c1-4-6(15-7(12)9-4)16(13,14)11-5-2-3-8-10-5/h2-3H,1H3,(H,9,12)(H2,8,10,11). The van der Waals surface area contributed by atoms with Gasteiger partial charge in [0.2, 0.25) is 0 Å². The van der Waals surface area contributed by atoms with Crippen molar-refractivity contribution < 1.29 is 8.42 Å². The summed E-state index contributed by atoms with van der Waals surface area (Å²) in [6.45, 7) is 1.53. The Morgan fingerprint density at radius 2 is 2.25 bits per heavy atom. The van der Waals surface area contributed by atoms with E-state index in [9.17, 15) is 13.2 Å². The van der Waals surface area contributed by atoms with Crippen LogP contribution in [0.25, 0.3) is 0 Å². The first kappa shape index (κ1) is 10.9. The molecule has 2 heterocycles. The lowest BCUT2D eigenvalue weighted by atomic mass is 10.6. The van der Waals surface area contributed by atoms with Gasteiger partial charge in [0.15, 0.2) is 4.21 Å². The fraction of sp³-hybridized carbons (Fsp3) is 0.143. The van der Waals surface area contributed by atoms with Gasteiger partial charge < -0.3 is 4.98 Å². The second-order valence-corrected chi connectivity index (χ2v) is 5.86. The van der Waals surface area contributed by atoms with Crippen LogP contribution in [0, 0.1) is 6.92 Å². The molecule has 0 fully saturated rings. The Morgan fingerprint density at radius 3 is 2.75 bits per heavy atom. The molecule has 0 aromatic carbocycles. The maximum absolute atomic E-state index is 11.8. The van der Waals surface area contributed by atoms with Crippen LogP contribution in [-0.4, -0.2) is 23.6 Å². The Balaban J connectivity index is 2.40.